The largest absolute Gasteiger partial charge is 0.481 e. The molecule has 8 nitrogen and oxygen atoms in total. The number of amides is 1. The second-order valence-corrected chi connectivity index (χ2v) is 10.1. The van der Waals surface area contributed by atoms with Crippen LogP contribution in [0.2, 0.25) is 0 Å². The lowest BCUT2D eigenvalue weighted by atomic mass is 9.79. The first-order valence-corrected chi connectivity index (χ1v) is 11.7. The zero-order valence-electron chi connectivity index (χ0n) is 19.6. The van der Waals surface area contributed by atoms with Crippen LogP contribution in [0.5, 0.6) is 0 Å². The quantitative estimate of drug-likeness (QED) is 0.488. The molecule has 2 aliphatic rings. The van der Waals surface area contributed by atoms with Gasteiger partial charge in [0.15, 0.2) is 0 Å². The van der Waals surface area contributed by atoms with Crippen molar-refractivity contribution in [2.75, 3.05) is 11.9 Å². The van der Waals surface area contributed by atoms with Gasteiger partial charge in [-0.2, -0.15) is 0 Å². The molecule has 0 bridgehead atoms. The van der Waals surface area contributed by atoms with Gasteiger partial charge in [0.25, 0.3) is 0 Å². The molecule has 2 unspecified atom stereocenters. The highest BCUT2D eigenvalue weighted by atomic mass is 16.6. The van der Waals surface area contributed by atoms with Crippen LogP contribution in [0.1, 0.15) is 71.1 Å². The van der Waals surface area contributed by atoms with Gasteiger partial charge in [-0.05, 0) is 76.8 Å². The predicted molar refractivity (Wildman–Crippen MR) is 122 cm³/mol. The molecule has 3 N–H and O–H groups in total. The number of carbonyl (C=O) groups is 2. The van der Waals surface area contributed by atoms with Crippen molar-refractivity contribution in [1.29, 1.82) is 0 Å². The van der Waals surface area contributed by atoms with Crippen molar-refractivity contribution >= 4 is 17.9 Å². The summed E-state index contributed by atoms with van der Waals surface area (Å²) in [6.45, 7) is 8.11. The molecule has 178 valence electrons. The van der Waals surface area contributed by atoms with Gasteiger partial charge in [0, 0.05) is 18.2 Å². The van der Waals surface area contributed by atoms with Crippen LogP contribution in [-0.2, 0) is 27.1 Å². The first-order valence-electron chi connectivity index (χ1n) is 11.7. The third-order valence-corrected chi connectivity index (χ3v) is 5.96. The molecule has 0 aromatic carbocycles. The van der Waals surface area contributed by atoms with Gasteiger partial charge in [-0.25, -0.2) is 9.78 Å². The van der Waals surface area contributed by atoms with Gasteiger partial charge in [-0.15, -0.1) is 0 Å². The number of aryl methyl sites for hydroxylation is 2. The standard InChI is InChI=1S/C24H37N3O5/c1-15(12-20(28)29)22(27-23(30)32-24(2,3)4)31-19-13-16(14-19)7-9-18-10-8-17-6-5-11-25-21(17)26-18/h8,10,15-16,19,22H,5-7,9,11-14H2,1-4H3,(H,25,26)(H,27,30)(H,28,29). The number of aliphatic carboxylic acids is 1. The number of anilines is 1. The number of carboxylic acid groups (broad SMARTS) is 1. The Morgan fingerprint density at radius 3 is 2.75 bits per heavy atom. The van der Waals surface area contributed by atoms with E-state index >= 15 is 0 Å². The van der Waals surface area contributed by atoms with Crippen LogP contribution in [-0.4, -0.2) is 46.6 Å². The summed E-state index contributed by atoms with van der Waals surface area (Å²) in [7, 11) is 0. The Morgan fingerprint density at radius 1 is 1.31 bits per heavy atom. The number of carbonyl (C=O) groups excluding carboxylic acids is 1. The normalized spacial score (nSPS) is 22.0. The minimum Gasteiger partial charge on any atom is -0.481 e. The van der Waals surface area contributed by atoms with Crippen LogP contribution < -0.4 is 10.6 Å². The average Bonchev–Trinajstić information content (AvgIpc) is 2.66. The van der Waals surface area contributed by atoms with E-state index in [0.717, 1.165) is 56.6 Å². The highest BCUT2D eigenvalue weighted by Crippen LogP contribution is 2.35. The number of hydrogen-bond acceptors (Lipinski definition) is 6. The fourth-order valence-electron chi connectivity index (χ4n) is 4.21. The number of fused-ring (bicyclic) bond motifs is 1. The van der Waals surface area contributed by atoms with Gasteiger partial charge in [0.05, 0.1) is 12.5 Å². The molecule has 0 spiro atoms. The van der Waals surface area contributed by atoms with E-state index in [4.69, 9.17) is 19.6 Å². The number of alkyl carbamates (subject to hydrolysis) is 1. The number of hydrogen-bond donors (Lipinski definition) is 3. The van der Waals surface area contributed by atoms with Crippen LogP contribution in [0.25, 0.3) is 0 Å². The first kappa shape index (κ1) is 24.3. The zero-order chi connectivity index (χ0) is 23.3. The molecule has 1 fully saturated rings. The molecule has 1 aromatic rings. The molecule has 0 radical (unpaired) electrons. The summed E-state index contributed by atoms with van der Waals surface area (Å²) in [5.41, 5.74) is 1.78. The maximum Gasteiger partial charge on any atom is 0.409 e. The van der Waals surface area contributed by atoms with E-state index in [-0.39, 0.29) is 18.4 Å². The lowest BCUT2D eigenvalue weighted by Gasteiger charge is -2.39. The second-order valence-electron chi connectivity index (χ2n) is 10.1. The van der Waals surface area contributed by atoms with Gasteiger partial charge in [-0.1, -0.05) is 13.0 Å². The average molecular weight is 448 g/mol. The Balaban J connectivity index is 1.46. The van der Waals surface area contributed by atoms with Crippen molar-refractivity contribution in [3.05, 3.63) is 23.4 Å². The second kappa shape index (κ2) is 10.5. The predicted octanol–water partition coefficient (Wildman–Crippen LogP) is 4.13. The fourth-order valence-corrected chi connectivity index (χ4v) is 4.21. The third-order valence-electron chi connectivity index (χ3n) is 5.96. The fraction of sp³-hybridized carbons (Fsp3) is 0.708. The highest BCUT2D eigenvalue weighted by molar-refractivity contribution is 5.69. The molecule has 1 aliphatic heterocycles. The van der Waals surface area contributed by atoms with Gasteiger partial charge in [0.2, 0.25) is 0 Å². The molecule has 2 atom stereocenters. The Kier molecular flexibility index (Phi) is 7.98. The van der Waals surface area contributed by atoms with Crippen molar-refractivity contribution < 1.29 is 24.2 Å². The molecular weight excluding hydrogens is 410 g/mol. The molecule has 1 aromatic heterocycles. The molecular formula is C24H37N3O5. The van der Waals surface area contributed by atoms with Crippen LogP contribution >= 0.6 is 0 Å². The maximum atomic E-state index is 12.2. The molecule has 2 heterocycles. The van der Waals surface area contributed by atoms with Crippen molar-refractivity contribution in [3.63, 3.8) is 0 Å². The highest BCUT2D eigenvalue weighted by Gasteiger charge is 2.34. The monoisotopic (exact) mass is 447 g/mol. The molecule has 1 saturated carbocycles. The van der Waals surface area contributed by atoms with E-state index in [9.17, 15) is 9.59 Å². The molecule has 0 saturated heterocycles. The van der Waals surface area contributed by atoms with Crippen molar-refractivity contribution in [1.82, 2.24) is 10.3 Å². The maximum absolute atomic E-state index is 12.2. The molecule has 3 rings (SSSR count). The summed E-state index contributed by atoms with van der Waals surface area (Å²) in [5, 5.41) is 15.2. The summed E-state index contributed by atoms with van der Waals surface area (Å²) in [6, 6.07) is 4.32. The molecule has 32 heavy (non-hydrogen) atoms. The zero-order valence-corrected chi connectivity index (χ0v) is 19.6. The SMILES string of the molecule is CC(CC(=O)O)C(NC(=O)OC(C)(C)C)OC1CC(CCc2ccc3c(n2)NCCC3)C1. The van der Waals surface area contributed by atoms with E-state index in [1.54, 1.807) is 27.7 Å². The summed E-state index contributed by atoms with van der Waals surface area (Å²) in [6.07, 6.45) is 4.65. The number of nitrogens with one attached hydrogen (secondary N) is 2. The lowest BCUT2D eigenvalue weighted by molar-refractivity contribution is -0.143. The minimum atomic E-state index is -0.921. The first-order chi connectivity index (χ1) is 15.1. The Hall–Kier alpha value is -2.35. The number of nitrogens with zero attached hydrogens (tertiary/aromatic N) is 1. The Bertz CT molecular complexity index is 801. The summed E-state index contributed by atoms with van der Waals surface area (Å²) in [4.78, 5) is 28.1. The Labute approximate surface area is 190 Å². The van der Waals surface area contributed by atoms with Crippen LogP contribution in [0.3, 0.4) is 0 Å². The van der Waals surface area contributed by atoms with Crippen LogP contribution in [0.15, 0.2) is 12.1 Å². The third kappa shape index (κ3) is 7.36. The minimum absolute atomic E-state index is 0.00865. The number of ether oxygens (including phenoxy) is 2. The van der Waals surface area contributed by atoms with Gasteiger partial charge in [-0.3, -0.25) is 10.1 Å². The van der Waals surface area contributed by atoms with Crippen molar-refractivity contribution in [2.45, 2.75) is 90.6 Å². The van der Waals surface area contributed by atoms with E-state index in [1.165, 1.54) is 5.56 Å². The van der Waals surface area contributed by atoms with Crippen LogP contribution in [0, 0.1) is 11.8 Å². The lowest BCUT2D eigenvalue weighted by Crippen LogP contribution is -2.48. The number of rotatable bonds is 9. The number of aromatic nitrogens is 1. The van der Waals surface area contributed by atoms with E-state index in [0.29, 0.717) is 5.92 Å². The van der Waals surface area contributed by atoms with Crippen molar-refractivity contribution in [3.8, 4) is 0 Å². The van der Waals surface area contributed by atoms with E-state index < -0.39 is 23.9 Å². The molecule has 1 amide bonds. The Morgan fingerprint density at radius 2 is 2.06 bits per heavy atom. The van der Waals surface area contributed by atoms with Gasteiger partial charge >= 0.3 is 12.1 Å². The van der Waals surface area contributed by atoms with Gasteiger partial charge < -0.3 is 19.9 Å². The van der Waals surface area contributed by atoms with E-state index in [2.05, 4.69) is 22.8 Å². The molecule has 8 heteroatoms. The van der Waals surface area contributed by atoms with Crippen LogP contribution in [0.4, 0.5) is 10.6 Å². The topological polar surface area (TPSA) is 110 Å². The summed E-state index contributed by atoms with van der Waals surface area (Å²) >= 11 is 0. The summed E-state index contributed by atoms with van der Waals surface area (Å²) in [5.74, 6) is 0.289. The number of pyridine rings is 1. The summed E-state index contributed by atoms with van der Waals surface area (Å²) < 4.78 is 11.4. The number of carboxylic acids is 1. The van der Waals surface area contributed by atoms with Gasteiger partial charge in [0.1, 0.15) is 17.6 Å². The smallest absolute Gasteiger partial charge is 0.409 e. The van der Waals surface area contributed by atoms with E-state index in [1.807, 2.05) is 0 Å². The molecule has 1 aliphatic carbocycles. The van der Waals surface area contributed by atoms with Crippen molar-refractivity contribution in [2.24, 2.45) is 11.8 Å².